The monoisotopic (exact) mass is 308 g/mol. The molecular weight excluding hydrogens is 292 g/mol. The van der Waals surface area contributed by atoms with E-state index in [-0.39, 0.29) is 17.4 Å². The fourth-order valence-corrected chi connectivity index (χ4v) is 2.63. The van der Waals surface area contributed by atoms with E-state index in [2.05, 4.69) is 0 Å². The Labute approximate surface area is 123 Å². The highest BCUT2D eigenvalue weighted by Crippen LogP contribution is 2.30. The molecule has 112 valence electrons. The van der Waals surface area contributed by atoms with Gasteiger partial charge in [-0.1, -0.05) is 24.3 Å². The molecule has 0 aliphatic rings. The Morgan fingerprint density at radius 2 is 1.76 bits per heavy atom. The van der Waals surface area contributed by atoms with E-state index in [0.29, 0.717) is 16.5 Å². The molecule has 0 aliphatic heterocycles. The lowest BCUT2D eigenvalue weighted by atomic mass is 10.1. The number of fused-ring (bicyclic) bond motifs is 1. The first-order valence-corrected chi connectivity index (χ1v) is 7.73. The molecule has 0 heterocycles. The number of primary sulfonamides is 1. The number of sulfonamides is 1. The van der Waals surface area contributed by atoms with Crippen molar-refractivity contribution in [2.75, 3.05) is 20.7 Å². The van der Waals surface area contributed by atoms with Gasteiger partial charge < -0.3 is 9.64 Å². The quantitative estimate of drug-likeness (QED) is 0.910. The van der Waals surface area contributed by atoms with Crippen molar-refractivity contribution in [1.82, 2.24) is 4.90 Å². The number of carbonyl (C=O) groups is 1. The van der Waals surface area contributed by atoms with Crippen LogP contribution >= 0.6 is 0 Å². The van der Waals surface area contributed by atoms with Crippen LogP contribution in [0.4, 0.5) is 0 Å². The second-order valence-electron chi connectivity index (χ2n) is 4.73. The first kappa shape index (κ1) is 15.3. The van der Waals surface area contributed by atoms with E-state index in [9.17, 15) is 13.2 Å². The summed E-state index contributed by atoms with van der Waals surface area (Å²) in [6.07, 6.45) is 0. The average Bonchev–Trinajstić information content (AvgIpc) is 2.42. The van der Waals surface area contributed by atoms with Gasteiger partial charge >= 0.3 is 0 Å². The van der Waals surface area contributed by atoms with Crippen molar-refractivity contribution in [3.05, 3.63) is 36.4 Å². The number of hydrogen-bond donors (Lipinski definition) is 1. The van der Waals surface area contributed by atoms with Gasteiger partial charge in [-0.3, -0.25) is 4.79 Å². The summed E-state index contributed by atoms with van der Waals surface area (Å²) < 4.78 is 28.7. The molecule has 0 fully saturated rings. The molecule has 0 spiro atoms. The van der Waals surface area contributed by atoms with Crippen molar-refractivity contribution >= 4 is 26.7 Å². The topological polar surface area (TPSA) is 89.7 Å². The Kier molecular flexibility index (Phi) is 4.15. The molecule has 0 bridgehead atoms. The van der Waals surface area contributed by atoms with Gasteiger partial charge in [-0.2, -0.15) is 0 Å². The number of likely N-dealkylation sites (N-methyl/N-ethyl adjacent to an activating group) is 1. The van der Waals surface area contributed by atoms with Gasteiger partial charge in [0.15, 0.2) is 6.61 Å². The maximum atomic E-state index is 11.6. The van der Waals surface area contributed by atoms with Crippen LogP contribution < -0.4 is 9.88 Å². The number of carbonyl (C=O) groups excluding carboxylic acids is 1. The summed E-state index contributed by atoms with van der Waals surface area (Å²) >= 11 is 0. The number of amides is 1. The maximum absolute atomic E-state index is 11.6. The number of nitrogens with two attached hydrogens (primary N) is 1. The largest absolute Gasteiger partial charge is 0.483 e. The van der Waals surface area contributed by atoms with Gasteiger partial charge in [-0.25, -0.2) is 13.6 Å². The van der Waals surface area contributed by atoms with Gasteiger partial charge in [0.2, 0.25) is 10.0 Å². The molecule has 1 amide bonds. The van der Waals surface area contributed by atoms with Crippen molar-refractivity contribution in [3.8, 4) is 5.75 Å². The van der Waals surface area contributed by atoms with E-state index in [1.807, 2.05) is 0 Å². The molecule has 2 rings (SSSR count). The molecule has 0 saturated heterocycles. The molecule has 2 aromatic carbocycles. The molecule has 2 aromatic rings. The Morgan fingerprint density at radius 1 is 1.14 bits per heavy atom. The fraction of sp³-hybridized carbons (Fsp3) is 0.214. The minimum Gasteiger partial charge on any atom is -0.483 e. The summed E-state index contributed by atoms with van der Waals surface area (Å²) in [5, 5.41) is 6.27. The van der Waals surface area contributed by atoms with Crippen LogP contribution in [-0.4, -0.2) is 39.9 Å². The zero-order chi connectivity index (χ0) is 15.6. The summed E-state index contributed by atoms with van der Waals surface area (Å²) in [6, 6.07) is 9.73. The van der Waals surface area contributed by atoms with E-state index >= 15 is 0 Å². The second kappa shape index (κ2) is 5.71. The van der Waals surface area contributed by atoms with Crippen LogP contribution in [0.1, 0.15) is 0 Å². The highest BCUT2D eigenvalue weighted by atomic mass is 32.2. The summed E-state index contributed by atoms with van der Waals surface area (Å²) in [5.74, 6) is 0.253. The lowest BCUT2D eigenvalue weighted by Crippen LogP contribution is -2.27. The summed E-state index contributed by atoms with van der Waals surface area (Å²) in [7, 11) is -0.556. The fourth-order valence-electron chi connectivity index (χ4n) is 1.89. The average molecular weight is 308 g/mol. The third-order valence-corrected chi connectivity index (χ3v) is 3.97. The standard InChI is InChI=1S/C14H16N2O4S/c1-16(2)14(17)9-20-12-7-8-13(21(15,18)19)11-6-4-3-5-10(11)12/h3-8H,9H2,1-2H3,(H2,15,18,19). The number of benzene rings is 2. The van der Waals surface area contributed by atoms with Gasteiger partial charge in [0, 0.05) is 24.9 Å². The first-order valence-electron chi connectivity index (χ1n) is 6.18. The number of rotatable bonds is 4. The zero-order valence-electron chi connectivity index (χ0n) is 11.7. The highest BCUT2D eigenvalue weighted by molar-refractivity contribution is 7.89. The molecule has 0 aliphatic carbocycles. The Hall–Kier alpha value is -2.12. The summed E-state index contributed by atoms with van der Waals surface area (Å²) in [4.78, 5) is 13.0. The summed E-state index contributed by atoms with van der Waals surface area (Å²) in [6.45, 7) is -0.119. The molecule has 7 heteroatoms. The van der Waals surface area contributed by atoms with Gasteiger partial charge in [0.05, 0.1) is 4.90 Å². The minimum absolute atomic E-state index is 0.0318. The highest BCUT2D eigenvalue weighted by Gasteiger charge is 2.15. The van der Waals surface area contributed by atoms with Crippen molar-refractivity contribution in [3.63, 3.8) is 0 Å². The van der Waals surface area contributed by atoms with Crippen molar-refractivity contribution < 1.29 is 17.9 Å². The van der Waals surface area contributed by atoms with Crippen molar-refractivity contribution in [1.29, 1.82) is 0 Å². The van der Waals surface area contributed by atoms with Gasteiger partial charge in [-0.15, -0.1) is 0 Å². The van der Waals surface area contributed by atoms with Crippen LogP contribution in [0.25, 0.3) is 10.8 Å². The van der Waals surface area contributed by atoms with Gasteiger partial charge in [0.25, 0.3) is 5.91 Å². The predicted octanol–water partition coefficient (Wildman–Crippen LogP) is 0.954. The molecule has 0 aromatic heterocycles. The summed E-state index contributed by atoms with van der Waals surface area (Å²) in [5.41, 5.74) is 0. The van der Waals surface area contributed by atoms with Crippen molar-refractivity contribution in [2.24, 2.45) is 5.14 Å². The lowest BCUT2D eigenvalue weighted by molar-refractivity contribution is -0.130. The molecule has 0 unspecified atom stereocenters. The molecule has 21 heavy (non-hydrogen) atoms. The van der Waals surface area contributed by atoms with Crippen LogP contribution in [0.2, 0.25) is 0 Å². The van der Waals surface area contributed by atoms with Crippen LogP contribution in [0.5, 0.6) is 5.75 Å². The normalized spacial score (nSPS) is 11.4. The molecule has 2 N–H and O–H groups in total. The lowest BCUT2D eigenvalue weighted by Gasteiger charge is -2.14. The van der Waals surface area contributed by atoms with E-state index in [4.69, 9.17) is 9.88 Å². The smallest absolute Gasteiger partial charge is 0.259 e. The molecule has 0 saturated carbocycles. The van der Waals surface area contributed by atoms with Gasteiger partial charge in [-0.05, 0) is 12.1 Å². The Bertz CT molecular complexity index is 785. The minimum atomic E-state index is -3.82. The molecule has 6 nitrogen and oxygen atoms in total. The van der Waals surface area contributed by atoms with Crippen LogP contribution in [-0.2, 0) is 14.8 Å². The predicted molar refractivity (Wildman–Crippen MR) is 79.5 cm³/mol. The van der Waals surface area contributed by atoms with Crippen LogP contribution in [0, 0.1) is 0 Å². The van der Waals surface area contributed by atoms with E-state index in [1.54, 1.807) is 38.4 Å². The van der Waals surface area contributed by atoms with Crippen LogP contribution in [0.15, 0.2) is 41.3 Å². The van der Waals surface area contributed by atoms with Gasteiger partial charge in [0.1, 0.15) is 5.75 Å². The number of nitrogens with zero attached hydrogens (tertiary/aromatic N) is 1. The first-order chi connectivity index (χ1) is 9.80. The van der Waals surface area contributed by atoms with Crippen LogP contribution in [0.3, 0.4) is 0 Å². The maximum Gasteiger partial charge on any atom is 0.259 e. The molecular formula is C14H16N2O4S. The number of hydrogen-bond acceptors (Lipinski definition) is 4. The third-order valence-electron chi connectivity index (χ3n) is 3.00. The van der Waals surface area contributed by atoms with E-state index in [0.717, 1.165) is 0 Å². The van der Waals surface area contributed by atoms with E-state index in [1.165, 1.54) is 17.0 Å². The van der Waals surface area contributed by atoms with E-state index < -0.39 is 10.0 Å². The Morgan fingerprint density at radius 3 is 2.33 bits per heavy atom. The second-order valence-corrected chi connectivity index (χ2v) is 6.26. The number of ether oxygens (including phenoxy) is 1. The molecule has 0 atom stereocenters. The SMILES string of the molecule is CN(C)C(=O)COc1ccc(S(N)(=O)=O)c2ccccc12. The third kappa shape index (κ3) is 3.32. The molecule has 0 radical (unpaired) electrons. The Balaban J connectivity index is 2.46. The zero-order valence-corrected chi connectivity index (χ0v) is 12.6. The van der Waals surface area contributed by atoms with Crippen molar-refractivity contribution in [2.45, 2.75) is 4.90 Å².